The van der Waals surface area contributed by atoms with Crippen molar-refractivity contribution in [3.05, 3.63) is 51.7 Å². The van der Waals surface area contributed by atoms with Gasteiger partial charge in [0.05, 0.1) is 11.9 Å². The lowest BCUT2D eigenvalue weighted by molar-refractivity contribution is 0.175. The van der Waals surface area contributed by atoms with Crippen molar-refractivity contribution in [3.63, 3.8) is 0 Å². The zero-order valence-corrected chi connectivity index (χ0v) is 14.5. The molecule has 1 atom stereocenters. The largest absolute Gasteiger partial charge is 0.366 e. The molecule has 3 rings (SSSR count). The normalized spacial score (nSPS) is 17.0. The summed E-state index contributed by atoms with van der Waals surface area (Å²) >= 11 is 6.12. The molecule has 0 spiro atoms. The molecule has 128 valence electrons. The second-order valence-corrected chi connectivity index (χ2v) is 6.39. The van der Waals surface area contributed by atoms with Crippen molar-refractivity contribution < 1.29 is 0 Å². The van der Waals surface area contributed by atoms with Crippen LogP contribution in [0.4, 0.5) is 5.69 Å². The van der Waals surface area contributed by atoms with E-state index in [1.165, 1.54) is 5.56 Å². The summed E-state index contributed by atoms with van der Waals surface area (Å²) in [6.07, 6.45) is 7.64. The van der Waals surface area contributed by atoms with Gasteiger partial charge in [-0.1, -0.05) is 31.0 Å². The third-order valence-corrected chi connectivity index (χ3v) is 4.87. The van der Waals surface area contributed by atoms with Crippen LogP contribution >= 0.6 is 11.6 Å². The van der Waals surface area contributed by atoms with E-state index in [0.717, 1.165) is 39.0 Å². The topological polar surface area (TPSA) is 65.1 Å². The molecule has 0 unspecified atom stereocenters. The van der Waals surface area contributed by atoms with Gasteiger partial charge < -0.3 is 4.90 Å². The van der Waals surface area contributed by atoms with E-state index in [0.29, 0.717) is 11.7 Å². The van der Waals surface area contributed by atoms with Gasteiger partial charge in [0.1, 0.15) is 5.02 Å². The summed E-state index contributed by atoms with van der Waals surface area (Å²) in [6, 6.07) is 4.53. The van der Waals surface area contributed by atoms with Gasteiger partial charge >= 0.3 is 0 Å². The van der Waals surface area contributed by atoms with E-state index in [9.17, 15) is 4.79 Å². The van der Waals surface area contributed by atoms with Crippen LogP contribution in [-0.2, 0) is 0 Å². The zero-order chi connectivity index (χ0) is 16.9. The number of H-pyrrole nitrogens is 1. The molecular formula is C17H22ClN5O. The van der Waals surface area contributed by atoms with Crippen molar-refractivity contribution in [2.75, 3.05) is 31.1 Å². The summed E-state index contributed by atoms with van der Waals surface area (Å²) in [5, 5.41) is 6.45. The smallest absolute Gasteiger partial charge is 0.285 e. The SMILES string of the molecule is CCC[C@H](c1cccnc1)N1CCN(c2cn[nH]c(=O)c2Cl)CC1. The first-order valence-corrected chi connectivity index (χ1v) is 8.70. The van der Waals surface area contributed by atoms with Crippen LogP contribution in [0.3, 0.4) is 0 Å². The molecule has 6 nitrogen and oxygen atoms in total. The minimum atomic E-state index is -0.337. The highest BCUT2D eigenvalue weighted by Gasteiger charge is 2.26. The average Bonchev–Trinajstić information content (AvgIpc) is 2.63. The Kier molecular flexibility index (Phi) is 5.48. The minimum absolute atomic E-state index is 0.218. The Labute approximate surface area is 146 Å². The minimum Gasteiger partial charge on any atom is -0.366 e. The Morgan fingerprint density at radius 1 is 1.29 bits per heavy atom. The van der Waals surface area contributed by atoms with Crippen molar-refractivity contribution in [2.24, 2.45) is 0 Å². The highest BCUT2D eigenvalue weighted by molar-refractivity contribution is 6.32. The lowest BCUT2D eigenvalue weighted by Crippen LogP contribution is -2.48. The van der Waals surface area contributed by atoms with Crippen LogP contribution in [0.5, 0.6) is 0 Å². The van der Waals surface area contributed by atoms with E-state index in [1.807, 2.05) is 18.5 Å². The molecule has 2 aromatic rings. The first-order chi connectivity index (χ1) is 11.7. The van der Waals surface area contributed by atoms with Gasteiger partial charge in [0.2, 0.25) is 0 Å². The number of pyridine rings is 1. The van der Waals surface area contributed by atoms with E-state index < -0.39 is 0 Å². The molecular weight excluding hydrogens is 326 g/mol. The molecule has 0 bridgehead atoms. The summed E-state index contributed by atoms with van der Waals surface area (Å²) in [4.78, 5) is 20.5. The van der Waals surface area contributed by atoms with Gasteiger partial charge in [0, 0.05) is 44.6 Å². The maximum Gasteiger partial charge on any atom is 0.285 e. The second kappa shape index (κ2) is 7.77. The molecule has 7 heteroatoms. The number of piperazine rings is 1. The third kappa shape index (κ3) is 3.60. The lowest BCUT2D eigenvalue weighted by atomic mass is 10.0. The number of nitrogens with one attached hydrogen (secondary N) is 1. The number of aromatic nitrogens is 3. The molecule has 3 heterocycles. The van der Waals surface area contributed by atoms with Crippen molar-refractivity contribution in [3.8, 4) is 0 Å². The molecule has 1 fully saturated rings. The van der Waals surface area contributed by atoms with E-state index >= 15 is 0 Å². The molecule has 0 saturated carbocycles. The molecule has 1 aliphatic heterocycles. The standard InChI is InChI=1S/C17H22ClN5O/c1-2-4-14(13-5-3-6-19-11-13)22-7-9-23(10-8-22)15-12-20-21-17(24)16(15)18/h3,5-6,11-12,14H,2,4,7-10H2,1H3,(H,21,24)/t14-/m1/s1. The predicted molar refractivity (Wildman–Crippen MR) is 95.5 cm³/mol. The number of anilines is 1. The van der Waals surface area contributed by atoms with Gasteiger partial charge in [0.25, 0.3) is 5.56 Å². The van der Waals surface area contributed by atoms with Crippen molar-refractivity contribution in [2.45, 2.75) is 25.8 Å². The average molecular weight is 348 g/mol. The molecule has 0 aromatic carbocycles. The molecule has 0 amide bonds. The summed E-state index contributed by atoms with van der Waals surface area (Å²) in [6.45, 7) is 5.70. The molecule has 0 radical (unpaired) electrons. The fourth-order valence-electron chi connectivity index (χ4n) is 3.28. The van der Waals surface area contributed by atoms with Gasteiger partial charge in [-0.2, -0.15) is 5.10 Å². The summed E-state index contributed by atoms with van der Waals surface area (Å²) < 4.78 is 0. The Hall–Kier alpha value is -1.92. The number of hydrogen-bond acceptors (Lipinski definition) is 5. The maximum atomic E-state index is 11.6. The molecule has 24 heavy (non-hydrogen) atoms. The quantitative estimate of drug-likeness (QED) is 0.900. The van der Waals surface area contributed by atoms with Crippen LogP contribution in [0, 0.1) is 0 Å². The van der Waals surface area contributed by atoms with Gasteiger partial charge in [-0.15, -0.1) is 0 Å². The number of aromatic amines is 1. The fourth-order valence-corrected chi connectivity index (χ4v) is 3.49. The first kappa shape index (κ1) is 16.9. The Balaban J connectivity index is 1.71. The van der Waals surface area contributed by atoms with Crippen molar-refractivity contribution in [1.29, 1.82) is 0 Å². The number of halogens is 1. The van der Waals surface area contributed by atoms with Crippen LogP contribution in [-0.4, -0.2) is 46.3 Å². The Bertz CT molecular complexity index is 712. The molecule has 0 aliphatic carbocycles. The van der Waals surface area contributed by atoms with E-state index in [-0.39, 0.29) is 10.6 Å². The highest BCUT2D eigenvalue weighted by Crippen LogP contribution is 2.28. The van der Waals surface area contributed by atoms with Crippen LogP contribution in [0.1, 0.15) is 31.4 Å². The van der Waals surface area contributed by atoms with Gasteiger partial charge in [-0.3, -0.25) is 14.7 Å². The first-order valence-electron chi connectivity index (χ1n) is 8.32. The number of rotatable bonds is 5. The molecule has 2 aromatic heterocycles. The summed E-state index contributed by atoms with van der Waals surface area (Å²) in [5.74, 6) is 0. The molecule has 1 N–H and O–H groups in total. The lowest BCUT2D eigenvalue weighted by Gasteiger charge is -2.40. The van der Waals surface area contributed by atoms with Crippen LogP contribution < -0.4 is 10.5 Å². The molecule has 1 aliphatic rings. The van der Waals surface area contributed by atoms with E-state index in [4.69, 9.17) is 11.6 Å². The Morgan fingerprint density at radius 2 is 2.08 bits per heavy atom. The van der Waals surface area contributed by atoms with Crippen molar-refractivity contribution >= 4 is 17.3 Å². The summed E-state index contributed by atoms with van der Waals surface area (Å²) in [7, 11) is 0. The highest BCUT2D eigenvalue weighted by atomic mass is 35.5. The fraction of sp³-hybridized carbons (Fsp3) is 0.471. The number of hydrogen-bond donors (Lipinski definition) is 1. The number of nitrogens with zero attached hydrogens (tertiary/aromatic N) is 4. The monoisotopic (exact) mass is 347 g/mol. The second-order valence-electron chi connectivity index (χ2n) is 6.01. The zero-order valence-electron chi connectivity index (χ0n) is 13.8. The summed E-state index contributed by atoms with van der Waals surface area (Å²) in [5.41, 5.74) is 1.65. The van der Waals surface area contributed by atoms with Crippen molar-refractivity contribution in [1.82, 2.24) is 20.1 Å². The van der Waals surface area contributed by atoms with E-state index in [1.54, 1.807) is 6.20 Å². The predicted octanol–water partition coefficient (Wildman–Crippen LogP) is 2.48. The van der Waals surface area contributed by atoms with Gasteiger partial charge in [-0.25, -0.2) is 5.10 Å². The Morgan fingerprint density at radius 3 is 2.75 bits per heavy atom. The van der Waals surface area contributed by atoms with Gasteiger partial charge in [-0.05, 0) is 18.1 Å². The van der Waals surface area contributed by atoms with Crippen LogP contribution in [0.25, 0.3) is 0 Å². The third-order valence-electron chi connectivity index (χ3n) is 4.50. The molecule has 1 saturated heterocycles. The van der Waals surface area contributed by atoms with Gasteiger partial charge in [0.15, 0.2) is 0 Å². The maximum absolute atomic E-state index is 11.6. The van der Waals surface area contributed by atoms with Crippen LogP contribution in [0.2, 0.25) is 5.02 Å². The van der Waals surface area contributed by atoms with Crippen LogP contribution in [0.15, 0.2) is 35.5 Å². The van der Waals surface area contributed by atoms with E-state index in [2.05, 4.69) is 38.0 Å².